The normalized spacial score (nSPS) is 9.73. The third kappa shape index (κ3) is 8.11. The molecule has 0 bridgehead atoms. The Morgan fingerprint density at radius 3 is 2.45 bits per heavy atom. The molecule has 0 heterocycles. The minimum atomic E-state index is -0.477. The number of rotatable bonds is 7. The van der Waals surface area contributed by atoms with Crippen LogP contribution in [0.1, 0.15) is 19.4 Å². The number of carbonyl (C=O) groups is 2. The van der Waals surface area contributed by atoms with Crippen LogP contribution in [0.25, 0.3) is 0 Å². The van der Waals surface area contributed by atoms with Crippen molar-refractivity contribution in [3.8, 4) is 0 Å². The molecule has 0 atom stereocenters. The zero-order valence-electron chi connectivity index (χ0n) is 12.5. The highest BCUT2D eigenvalue weighted by Crippen LogP contribution is 2.08. The molecule has 7 nitrogen and oxygen atoms in total. The lowest BCUT2D eigenvalue weighted by atomic mass is 10.2. The van der Waals surface area contributed by atoms with Gasteiger partial charge in [0.2, 0.25) is 0 Å². The van der Waals surface area contributed by atoms with Gasteiger partial charge in [0, 0.05) is 5.69 Å². The first-order chi connectivity index (χ1) is 10.2. The van der Waals surface area contributed by atoms with E-state index in [0.717, 1.165) is 5.56 Å². The fraction of sp³-hybridized carbons (Fsp3) is 0.357. The first-order valence-electron chi connectivity index (χ1n) is 6.61. The van der Waals surface area contributed by atoms with E-state index < -0.39 is 12.0 Å². The van der Waals surface area contributed by atoms with Gasteiger partial charge in [0.1, 0.15) is 13.2 Å². The van der Waals surface area contributed by atoms with Gasteiger partial charge in [-0.1, -0.05) is 17.3 Å². The van der Waals surface area contributed by atoms with Crippen LogP contribution in [-0.4, -0.2) is 38.0 Å². The minimum absolute atomic E-state index is 0. The Labute approximate surface area is 135 Å². The van der Waals surface area contributed by atoms with Gasteiger partial charge in [0.15, 0.2) is 0 Å². The molecule has 0 spiro atoms. The summed E-state index contributed by atoms with van der Waals surface area (Å²) in [6.45, 7) is 4.18. The van der Waals surface area contributed by atoms with Crippen LogP contribution in [0.5, 0.6) is 0 Å². The molecule has 0 unspecified atom stereocenters. The van der Waals surface area contributed by atoms with Crippen molar-refractivity contribution < 1.29 is 19.2 Å². The summed E-state index contributed by atoms with van der Waals surface area (Å²) < 4.78 is 4.70. The molecule has 0 aliphatic heterocycles. The standard InChI is InChI=1S/C14H19N3O4.ClH/c1-3-20-13(18)10-15-14(19)17-12-7-5-11(6-8-12)9-16-21-4-2;/h5-9H,3-4,10H2,1-2H3,(H2,15,17,19);1H/b16-9+;. The van der Waals surface area contributed by atoms with Crippen LogP contribution in [0.15, 0.2) is 29.4 Å². The molecule has 0 aromatic heterocycles. The SMILES string of the molecule is CCO/N=C/c1ccc(NC(=O)NCC(=O)OCC)cc1.Cl. The number of urea groups is 1. The number of hydrogen-bond acceptors (Lipinski definition) is 5. The Hall–Kier alpha value is -2.28. The first kappa shape index (κ1) is 19.7. The van der Waals surface area contributed by atoms with Crippen LogP contribution in [0.2, 0.25) is 0 Å². The zero-order valence-corrected chi connectivity index (χ0v) is 13.3. The second kappa shape index (κ2) is 11.4. The highest BCUT2D eigenvalue weighted by Gasteiger charge is 2.05. The zero-order chi connectivity index (χ0) is 15.5. The van der Waals surface area contributed by atoms with Crippen molar-refractivity contribution in [2.75, 3.05) is 25.1 Å². The summed E-state index contributed by atoms with van der Waals surface area (Å²) in [5.41, 5.74) is 1.45. The van der Waals surface area contributed by atoms with E-state index in [2.05, 4.69) is 15.8 Å². The third-order valence-electron chi connectivity index (χ3n) is 2.27. The van der Waals surface area contributed by atoms with Crippen molar-refractivity contribution in [3.05, 3.63) is 29.8 Å². The molecule has 0 aliphatic rings. The summed E-state index contributed by atoms with van der Waals surface area (Å²) in [6.07, 6.45) is 1.58. The Balaban J connectivity index is 0.00000441. The molecule has 122 valence electrons. The molecule has 1 aromatic rings. The van der Waals surface area contributed by atoms with Crippen molar-refractivity contribution >= 4 is 36.3 Å². The molecule has 22 heavy (non-hydrogen) atoms. The van der Waals surface area contributed by atoms with Crippen LogP contribution in [0.4, 0.5) is 10.5 Å². The number of amides is 2. The molecule has 8 heteroatoms. The largest absolute Gasteiger partial charge is 0.465 e. The number of oxime groups is 1. The van der Waals surface area contributed by atoms with Crippen LogP contribution in [0, 0.1) is 0 Å². The fourth-order valence-corrected chi connectivity index (χ4v) is 1.36. The number of halogens is 1. The van der Waals surface area contributed by atoms with Gasteiger partial charge in [-0.3, -0.25) is 4.79 Å². The maximum absolute atomic E-state index is 11.5. The molecule has 2 N–H and O–H groups in total. The summed E-state index contributed by atoms with van der Waals surface area (Å²) in [7, 11) is 0. The van der Waals surface area contributed by atoms with E-state index >= 15 is 0 Å². The van der Waals surface area contributed by atoms with Crippen LogP contribution in [-0.2, 0) is 14.4 Å². The average molecular weight is 330 g/mol. The number of benzene rings is 1. The van der Waals surface area contributed by atoms with Crippen molar-refractivity contribution in [3.63, 3.8) is 0 Å². The third-order valence-corrected chi connectivity index (χ3v) is 2.27. The topological polar surface area (TPSA) is 89.0 Å². The number of esters is 1. The van der Waals surface area contributed by atoms with Gasteiger partial charge in [0.05, 0.1) is 12.8 Å². The van der Waals surface area contributed by atoms with E-state index in [1.165, 1.54) is 0 Å². The highest BCUT2D eigenvalue weighted by molar-refractivity contribution is 5.91. The van der Waals surface area contributed by atoms with Crippen LogP contribution >= 0.6 is 12.4 Å². The van der Waals surface area contributed by atoms with Gasteiger partial charge in [-0.15, -0.1) is 12.4 Å². The quantitative estimate of drug-likeness (QED) is 0.456. The molecule has 0 saturated carbocycles. The molecule has 0 saturated heterocycles. The van der Waals surface area contributed by atoms with Crippen molar-refractivity contribution in [2.45, 2.75) is 13.8 Å². The monoisotopic (exact) mass is 329 g/mol. The predicted octanol–water partition coefficient (Wildman–Crippen LogP) is 2.16. The minimum Gasteiger partial charge on any atom is -0.465 e. The van der Waals surface area contributed by atoms with Crippen molar-refractivity contribution in [1.29, 1.82) is 0 Å². The number of carbonyl (C=O) groups excluding carboxylic acids is 2. The Bertz CT molecular complexity index is 491. The second-order valence-corrected chi connectivity index (χ2v) is 3.89. The maximum atomic E-state index is 11.5. The average Bonchev–Trinajstić information content (AvgIpc) is 2.48. The summed E-state index contributed by atoms with van der Waals surface area (Å²) in [6, 6.07) is 6.53. The predicted molar refractivity (Wildman–Crippen MR) is 86.6 cm³/mol. The lowest BCUT2D eigenvalue weighted by Crippen LogP contribution is -2.34. The second-order valence-electron chi connectivity index (χ2n) is 3.89. The van der Waals surface area contributed by atoms with E-state index in [1.54, 1.807) is 37.4 Å². The summed E-state index contributed by atoms with van der Waals surface area (Å²) in [5.74, 6) is -0.477. The smallest absolute Gasteiger partial charge is 0.325 e. The number of nitrogens with zero attached hydrogens (tertiary/aromatic N) is 1. The molecule has 1 rings (SSSR count). The molecular formula is C14H20ClN3O4. The maximum Gasteiger partial charge on any atom is 0.325 e. The van der Waals surface area contributed by atoms with Gasteiger partial charge in [0.25, 0.3) is 0 Å². The summed E-state index contributed by atoms with van der Waals surface area (Å²) >= 11 is 0. The molecule has 0 radical (unpaired) electrons. The van der Waals surface area contributed by atoms with Crippen LogP contribution < -0.4 is 10.6 Å². The Morgan fingerprint density at radius 2 is 1.86 bits per heavy atom. The molecule has 0 fully saturated rings. The van der Waals surface area contributed by atoms with E-state index in [9.17, 15) is 9.59 Å². The highest BCUT2D eigenvalue weighted by atomic mass is 35.5. The van der Waals surface area contributed by atoms with Gasteiger partial charge in [-0.05, 0) is 31.5 Å². The number of nitrogens with one attached hydrogen (secondary N) is 2. The van der Waals surface area contributed by atoms with Crippen LogP contribution in [0.3, 0.4) is 0 Å². The van der Waals surface area contributed by atoms with Gasteiger partial charge in [-0.25, -0.2) is 4.79 Å². The van der Waals surface area contributed by atoms with Gasteiger partial charge in [-0.2, -0.15) is 0 Å². The molecule has 1 aromatic carbocycles. The van der Waals surface area contributed by atoms with E-state index in [0.29, 0.717) is 12.3 Å². The van der Waals surface area contributed by atoms with Crippen molar-refractivity contribution in [2.24, 2.45) is 5.16 Å². The van der Waals surface area contributed by atoms with Gasteiger partial charge >= 0.3 is 12.0 Å². The summed E-state index contributed by atoms with van der Waals surface area (Å²) in [5, 5.41) is 8.74. The first-order valence-corrected chi connectivity index (χ1v) is 6.61. The van der Waals surface area contributed by atoms with E-state index in [1.807, 2.05) is 6.92 Å². The number of ether oxygens (including phenoxy) is 1. The van der Waals surface area contributed by atoms with E-state index in [4.69, 9.17) is 9.57 Å². The van der Waals surface area contributed by atoms with Gasteiger partial charge < -0.3 is 20.2 Å². The van der Waals surface area contributed by atoms with Crippen molar-refractivity contribution in [1.82, 2.24) is 5.32 Å². The lowest BCUT2D eigenvalue weighted by molar-refractivity contribution is -0.141. The molecule has 0 aliphatic carbocycles. The number of anilines is 1. The Kier molecular flexibility index (Phi) is 10.2. The lowest BCUT2D eigenvalue weighted by Gasteiger charge is -2.07. The van der Waals surface area contributed by atoms with E-state index in [-0.39, 0.29) is 25.6 Å². The molecular weight excluding hydrogens is 310 g/mol. The summed E-state index contributed by atoms with van der Waals surface area (Å²) in [4.78, 5) is 27.5. The fourth-order valence-electron chi connectivity index (χ4n) is 1.36. The number of hydrogen-bond donors (Lipinski definition) is 2. The Morgan fingerprint density at radius 1 is 1.18 bits per heavy atom. The molecule has 2 amide bonds.